The number of benzene rings is 1. The number of aryl methyl sites for hydroxylation is 1. The minimum absolute atomic E-state index is 0.0768. The largest absolute Gasteiger partial charge is 0.392 e. The van der Waals surface area contributed by atoms with Gasteiger partial charge in [0.25, 0.3) is 0 Å². The standard InChI is InChI=1S/C11H11ClN2O/c1-8-13-5-6-14(8)11-4-2-3-10(12)9(11)7-15/h2-6,15H,7H2,1H3. The van der Waals surface area contributed by atoms with E-state index >= 15 is 0 Å². The molecule has 0 fully saturated rings. The highest BCUT2D eigenvalue weighted by Crippen LogP contribution is 2.23. The number of rotatable bonds is 2. The zero-order valence-corrected chi connectivity index (χ0v) is 9.07. The quantitative estimate of drug-likeness (QED) is 0.847. The van der Waals surface area contributed by atoms with Gasteiger partial charge in [0, 0.05) is 23.0 Å². The van der Waals surface area contributed by atoms with Gasteiger partial charge in [0.15, 0.2) is 0 Å². The molecule has 1 heterocycles. The monoisotopic (exact) mass is 222 g/mol. The second-order valence-electron chi connectivity index (χ2n) is 3.24. The molecule has 0 unspecified atom stereocenters. The van der Waals surface area contributed by atoms with Crippen LogP contribution in [0.15, 0.2) is 30.6 Å². The van der Waals surface area contributed by atoms with Crippen molar-refractivity contribution in [1.29, 1.82) is 0 Å². The third-order valence-electron chi connectivity index (χ3n) is 2.34. The van der Waals surface area contributed by atoms with E-state index in [9.17, 15) is 5.11 Å². The maximum Gasteiger partial charge on any atom is 0.110 e. The van der Waals surface area contributed by atoms with E-state index in [0.717, 1.165) is 17.1 Å². The van der Waals surface area contributed by atoms with Crippen molar-refractivity contribution in [2.75, 3.05) is 0 Å². The molecule has 2 aromatic rings. The molecule has 0 atom stereocenters. The molecule has 0 spiro atoms. The van der Waals surface area contributed by atoms with Gasteiger partial charge in [0.1, 0.15) is 5.82 Å². The summed E-state index contributed by atoms with van der Waals surface area (Å²) in [5, 5.41) is 9.84. The van der Waals surface area contributed by atoms with Gasteiger partial charge in [-0.1, -0.05) is 17.7 Å². The summed E-state index contributed by atoms with van der Waals surface area (Å²) >= 11 is 6.01. The minimum atomic E-state index is -0.0768. The van der Waals surface area contributed by atoms with Crippen LogP contribution >= 0.6 is 11.6 Å². The van der Waals surface area contributed by atoms with E-state index in [1.807, 2.05) is 29.8 Å². The van der Waals surface area contributed by atoms with E-state index in [1.165, 1.54) is 0 Å². The zero-order chi connectivity index (χ0) is 10.8. The predicted octanol–water partition coefficient (Wildman–Crippen LogP) is 2.33. The van der Waals surface area contributed by atoms with Crippen molar-refractivity contribution in [3.8, 4) is 5.69 Å². The highest BCUT2D eigenvalue weighted by molar-refractivity contribution is 6.31. The first-order chi connectivity index (χ1) is 7.24. The van der Waals surface area contributed by atoms with Crippen molar-refractivity contribution in [2.45, 2.75) is 13.5 Å². The van der Waals surface area contributed by atoms with Crippen LogP contribution in [-0.2, 0) is 6.61 Å². The Balaban J connectivity index is 2.63. The van der Waals surface area contributed by atoms with E-state index in [4.69, 9.17) is 11.6 Å². The van der Waals surface area contributed by atoms with E-state index < -0.39 is 0 Å². The normalized spacial score (nSPS) is 10.6. The second kappa shape index (κ2) is 4.04. The number of imidazole rings is 1. The van der Waals surface area contributed by atoms with Crippen molar-refractivity contribution >= 4 is 11.6 Å². The van der Waals surface area contributed by atoms with Crippen LogP contribution in [0, 0.1) is 6.92 Å². The van der Waals surface area contributed by atoms with Gasteiger partial charge in [0.2, 0.25) is 0 Å². The molecule has 78 valence electrons. The fourth-order valence-electron chi connectivity index (χ4n) is 1.56. The third-order valence-corrected chi connectivity index (χ3v) is 2.69. The summed E-state index contributed by atoms with van der Waals surface area (Å²) in [7, 11) is 0. The van der Waals surface area contributed by atoms with E-state index in [2.05, 4.69) is 4.98 Å². The van der Waals surface area contributed by atoms with E-state index in [1.54, 1.807) is 12.3 Å². The van der Waals surface area contributed by atoms with E-state index in [0.29, 0.717) is 5.02 Å². The molecule has 2 rings (SSSR count). The van der Waals surface area contributed by atoms with Crippen LogP contribution < -0.4 is 0 Å². The average molecular weight is 223 g/mol. The smallest absolute Gasteiger partial charge is 0.110 e. The van der Waals surface area contributed by atoms with Gasteiger partial charge in [-0.25, -0.2) is 4.98 Å². The maximum atomic E-state index is 9.27. The molecule has 0 amide bonds. The van der Waals surface area contributed by atoms with Crippen molar-refractivity contribution < 1.29 is 5.11 Å². The summed E-state index contributed by atoms with van der Waals surface area (Å²) < 4.78 is 1.90. The first kappa shape index (κ1) is 10.2. The SMILES string of the molecule is Cc1nccn1-c1cccc(Cl)c1CO. The molecule has 0 saturated heterocycles. The highest BCUT2D eigenvalue weighted by atomic mass is 35.5. The van der Waals surface area contributed by atoms with Crippen molar-refractivity contribution in [3.05, 3.63) is 47.0 Å². The van der Waals surface area contributed by atoms with Crippen LogP contribution in [0.25, 0.3) is 5.69 Å². The molecule has 0 bridgehead atoms. The lowest BCUT2D eigenvalue weighted by atomic mass is 10.2. The molecule has 0 radical (unpaired) electrons. The molecule has 0 aliphatic carbocycles. The lowest BCUT2D eigenvalue weighted by Gasteiger charge is -2.11. The molecule has 0 aliphatic heterocycles. The molecular formula is C11H11ClN2O. The minimum Gasteiger partial charge on any atom is -0.392 e. The highest BCUT2D eigenvalue weighted by Gasteiger charge is 2.08. The number of hydrogen-bond acceptors (Lipinski definition) is 2. The van der Waals surface area contributed by atoms with Gasteiger partial charge in [-0.3, -0.25) is 0 Å². The fourth-order valence-corrected chi connectivity index (χ4v) is 1.79. The molecule has 0 saturated carbocycles. The lowest BCUT2D eigenvalue weighted by Crippen LogP contribution is -2.01. The first-order valence-corrected chi connectivity index (χ1v) is 5.00. The predicted molar refractivity (Wildman–Crippen MR) is 59.2 cm³/mol. The topological polar surface area (TPSA) is 38.0 Å². The Kier molecular flexibility index (Phi) is 2.75. The van der Waals surface area contributed by atoms with Crippen LogP contribution in [0.2, 0.25) is 5.02 Å². The maximum absolute atomic E-state index is 9.27. The third kappa shape index (κ3) is 1.76. The molecule has 3 nitrogen and oxygen atoms in total. The Bertz CT molecular complexity index is 479. The van der Waals surface area contributed by atoms with Crippen LogP contribution in [0.4, 0.5) is 0 Å². The molecule has 0 aliphatic rings. The Labute approximate surface area is 93.0 Å². The molecule has 4 heteroatoms. The summed E-state index contributed by atoms with van der Waals surface area (Å²) in [6.07, 6.45) is 3.57. The van der Waals surface area contributed by atoms with Crippen LogP contribution in [0.3, 0.4) is 0 Å². The second-order valence-corrected chi connectivity index (χ2v) is 3.65. The first-order valence-electron chi connectivity index (χ1n) is 4.62. The number of hydrogen-bond donors (Lipinski definition) is 1. The molecule has 15 heavy (non-hydrogen) atoms. The Morgan fingerprint density at radius 2 is 2.27 bits per heavy atom. The van der Waals surface area contributed by atoms with Gasteiger partial charge in [-0.2, -0.15) is 0 Å². The molecular weight excluding hydrogens is 212 g/mol. The number of aromatic nitrogens is 2. The summed E-state index contributed by atoms with van der Waals surface area (Å²) in [5.41, 5.74) is 1.60. The van der Waals surface area contributed by atoms with Crippen molar-refractivity contribution in [3.63, 3.8) is 0 Å². The summed E-state index contributed by atoms with van der Waals surface area (Å²) in [6.45, 7) is 1.83. The fraction of sp³-hybridized carbons (Fsp3) is 0.182. The molecule has 1 aromatic carbocycles. The van der Waals surface area contributed by atoms with Crippen molar-refractivity contribution in [1.82, 2.24) is 9.55 Å². The number of halogens is 1. The van der Waals surface area contributed by atoms with Gasteiger partial charge in [-0.05, 0) is 19.1 Å². The summed E-state index contributed by atoms with van der Waals surface area (Å²) in [6, 6.07) is 5.53. The Hall–Kier alpha value is -1.32. The van der Waals surface area contributed by atoms with Gasteiger partial charge >= 0.3 is 0 Å². The van der Waals surface area contributed by atoms with E-state index in [-0.39, 0.29) is 6.61 Å². The average Bonchev–Trinajstić information content (AvgIpc) is 2.64. The van der Waals surface area contributed by atoms with Gasteiger partial charge < -0.3 is 9.67 Å². The Morgan fingerprint density at radius 1 is 1.47 bits per heavy atom. The Morgan fingerprint density at radius 3 is 2.87 bits per heavy atom. The summed E-state index contributed by atoms with van der Waals surface area (Å²) in [5.74, 6) is 0.868. The van der Waals surface area contributed by atoms with Gasteiger partial charge in [-0.15, -0.1) is 0 Å². The molecule has 1 aromatic heterocycles. The number of aliphatic hydroxyl groups is 1. The zero-order valence-electron chi connectivity index (χ0n) is 8.31. The van der Waals surface area contributed by atoms with Crippen molar-refractivity contribution in [2.24, 2.45) is 0 Å². The van der Waals surface area contributed by atoms with Crippen LogP contribution in [-0.4, -0.2) is 14.7 Å². The lowest BCUT2D eigenvalue weighted by molar-refractivity contribution is 0.281. The van der Waals surface area contributed by atoms with Crippen LogP contribution in [0.5, 0.6) is 0 Å². The summed E-state index contributed by atoms with van der Waals surface area (Å²) in [4.78, 5) is 4.14. The van der Waals surface area contributed by atoms with Gasteiger partial charge in [0.05, 0.1) is 12.3 Å². The number of aliphatic hydroxyl groups excluding tert-OH is 1. The molecule has 1 N–H and O–H groups in total. The number of nitrogens with zero attached hydrogens (tertiary/aromatic N) is 2. The van der Waals surface area contributed by atoms with Crippen LogP contribution in [0.1, 0.15) is 11.4 Å².